The van der Waals surface area contributed by atoms with E-state index in [0.29, 0.717) is 10.2 Å². The molecule has 0 fully saturated rings. The Morgan fingerprint density at radius 1 is 1.85 bits per heavy atom. The summed E-state index contributed by atoms with van der Waals surface area (Å²) in [6, 6.07) is 1.86. The van der Waals surface area contributed by atoms with E-state index in [9.17, 15) is 9.90 Å². The van der Waals surface area contributed by atoms with Crippen LogP contribution >= 0.6 is 27.3 Å². The number of carbonyl (C=O) groups is 1. The highest BCUT2D eigenvalue weighted by molar-refractivity contribution is 9.08. The number of methoxy groups -OCH3 is 1. The predicted molar refractivity (Wildman–Crippen MR) is 53.9 cm³/mol. The van der Waals surface area contributed by atoms with Gasteiger partial charge in [0.05, 0.1) is 7.11 Å². The molecule has 1 unspecified atom stereocenters. The number of carbonyl (C=O) groups excluding carboxylic acids is 1. The summed E-state index contributed by atoms with van der Waals surface area (Å²) in [5.74, 6) is -0.621. The Bertz CT molecular complexity index is 297. The molecule has 0 bridgehead atoms. The minimum atomic E-state index is -1.16. The number of hydrogen-bond donors (Lipinski definition) is 1. The second-order valence-electron chi connectivity index (χ2n) is 2.37. The first kappa shape index (κ1) is 10.7. The third kappa shape index (κ3) is 2.30. The number of thiophene rings is 1. The number of aliphatic hydroxyl groups excluding tert-OH is 1. The van der Waals surface area contributed by atoms with Gasteiger partial charge < -0.3 is 9.84 Å². The molecule has 0 aliphatic carbocycles. The van der Waals surface area contributed by atoms with E-state index in [1.807, 2.05) is 11.4 Å². The Morgan fingerprint density at radius 2 is 2.54 bits per heavy atom. The van der Waals surface area contributed by atoms with Gasteiger partial charge >= 0.3 is 5.97 Å². The van der Waals surface area contributed by atoms with Gasteiger partial charge in [-0.1, -0.05) is 15.9 Å². The van der Waals surface area contributed by atoms with Crippen molar-refractivity contribution >= 4 is 33.2 Å². The van der Waals surface area contributed by atoms with Crippen LogP contribution in [-0.4, -0.2) is 18.2 Å². The minimum absolute atomic E-state index is 0.621. The fourth-order valence-corrected chi connectivity index (χ4v) is 2.49. The summed E-state index contributed by atoms with van der Waals surface area (Å²) in [4.78, 5) is 11.6. The molecule has 1 N–H and O–H groups in total. The molecule has 1 heterocycles. The van der Waals surface area contributed by atoms with Crippen LogP contribution in [0.4, 0.5) is 0 Å². The van der Waals surface area contributed by atoms with Gasteiger partial charge in [-0.3, -0.25) is 0 Å². The molecule has 1 aromatic heterocycles. The maximum Gasteiger partial charge on any atom is 0.340 e. The molecule has 0 radical (unpaired) electrons. The number of alkyl halides is 1. The molecule has 1 atom stereocenters. The van der Waals surface area contributed by atoms with Crippen LogP contribution in [0.5, 0.6) is 0 Å². The van der Waals surface area contributed by atoms with Crippen LogP contribution < -0.4 is 0 Å². The van der Waals surface area contributed by atoms with E-state index in [0.717, 1.165) is 5.56 Å². The third-order valence-corrected chi connectivity index (χ3v) is 3.21. The minimum Gasteiger partial charge on any atom is -0.467 e. The molecule has 13 heavy (non-hydrogen) atoms. The van der Waals surface area contributed by atoms with Crippen molar-refractivity contribution in [3.63, 3.8) is 0 Å². The summed E-state index contributed by atoms with van der Waals surface area (Å²) in [5, 5.41) is 12.0. The first-order valence-electron chi connectivity index (χ1n) is 3.58. The summed E-state index contributed by atoms with van der Waals surface area (Å²) < 4.78 is 4.44. The van der Waals surface area contributed by atoms with Crippen LogP contribution in [0.25, 0.3) is 0 Å². The van der Waals surface area contributed by atoms with Crippen LogP contribution in [0.3, 0.4) is 0 Å². The fourth-order valence-electron chi connectivity index (χ4n) is 0.916. The smallest absolute Gasteiger partial charge is 0.340 e. The van der Waals surface area contributed by atoms with Gasteiger partial charge in [0.15, 0.2) is 6.10 Å². The molecule has 72 valence electrons. The highest BCUT2D eigenvalue weighted by Gasteiger charge is 2.21. The van der Waals surface area contributed by atoms with E-state index in [1.165, 1.54) is 18.4 Å². The maximum atomic E-state index is 11.0. The number of esters is 1. The molecule has 0 saturated carbocycles. The summed E-state index contributed by atoms with van der Waals surface area (Å²) in [6.45, 7) is 0. The zero-order valence-corrected chi connectivity index (χ0v) is 9.39. The van der Waals surface area contributed by atoms with Crippen molar-refractivity contribution in [1.82, 2.24) is 0 Å². The van der Waals surface area contributed by atoms with Crippen molar-refractivity contribution in [2.45, 2.75) is 11.4 Å². The zero-order valence-electron chi connectivity index (χ0n) is 6.99. The highest BCUT2D eigenvalue weighted by atomic mass is 79.9. The zero-order chi connectivity index (χ0) is 9.84. The van der Waals surface area contributed by atoms with Crippen LogP contribution in [0, 0.1) is 0 Å². The Hall–Kier alpha value is -0.390. The van der Waals surface area contributed by atoms with Gasteiger partial charge in [0.25, 0.3) is 0 Å². The van der Waals surface area contributed by atoms with Crippen molar-refractivity contribution < 1.29 is 14.6 Å². The average molecular weight is 265 g/mol. The average Bonchev–Trinajstić information content (AvgIpc) is 2.62. The van der Waals surface area contributed by atoms with Crippen LogP contribution in [0.15, 0.2) is 11.4 Å². The molecule has 0 aromatic carbocycles. The Balaban J connectivity index is 2.87. The van der Waals surface area contributed by atoms with E-state index in [2.05, 4.69) is 20.7 Å². The van der Waals surface area contributed by atoms with Gasteiger partial charge in [0, 0.05) is 10.2 Å². The standard InChI is InChI=1S/C8H9BrO3S/c1-12-8(11)6(10)7-5(4-9)2-3-13-7/h2-3,6,10H,4H2,1H3. The second-order valence-corrected chi connectivity index (χ2v) is 3.88. The molecule has 0 amide bonds. The Morgan fingerprint density at radius 3 is 3.08 bits per heavy atom. The SMILES string of the molecule is COC(=O)C(O)c1sccc1CBr. The highest BCUT2D eigenvalue weighted by Crippen LogP contribution is 2.26. The summed E-state index contributed by atoms with van der Waals surface area (Å²) in [5.41, 5.74) is 0.919. The van der Waals surface area contributed by atoms with Gasteiger partial charge in [-0.05, 0) is 17.0 Å². The van der Waals surface area contributed by atoms with Gasteiger partial charge in [0.1, 0.15) is 0 Å². The molecule has 1 aromatic rings. The summed E-state index contributed by atoms with van der Waals surface area (Å²) in [7, 11) is 1.26. The number of aliphatic hydroxyl groups is 1. The third-order valence-electron chi connectivity index (χ3n) is 1.60. The van der Waals surface area contributed by atoms with Gasteiger partial charge in [-0.15, -0.1) is 11.3 Å². The van der Waals surface area contributed by atoms with Crippen LogP contribution in [0.1, 0.15) is 16.5 Å². The molecular formula is C8H9BrO3S. The Kier molecular flexibility index (Phi) is 3.90. The molecule has 0 aliphatic heterocycles. The molecule has 1 rings (SSSR count). The van der Waals surface area contributed by atoms with E-state index in [-0.39, 0.29) is 0 Å². The van der Waals surface area contributed by atoms with E-state index in [1.54, 1.807) is 0 Å². The van der Waals surface area contributed by atoms with Crippen molar-refractivity contribution in [2.75, 3.05) is 7.11 Å². The van der Waals surface area contributed by atoms with Crippen LogP contribution in [0.2, 0.25) is 0 Å². The predicted octanol–water partition coefficient (Wildman–Crippen LogP) is 1.85. The molecule has 5 heteroatoms. The number of halogens is 1. The fraction of sp³-hybridized carbons (Fsp3) is 0.375. The van der Waals surface area contributed by atoms with Gasteiger partial charge in [0.2, 0.25) is 0 Å². The molecular weight excluding hydrogens is 256 g/mol. The lowest BCUT2D eigenvalue weighted by Crippen LogP contribution is -2.13. The second kappa shape index (κ2) is 4.74. The molecule has 0 aliphatic rings. The van der Waals surface area contributed by atoms with Crippen LogP contribution in [-0.2, 0) is 14.9 Å². The first-order chi connectivity index (χ1) is 6.20. The summed E-state index contributed by atoms with van der Waals surface area (Å²) >= 11 is 4.62. The topological polar surface area (TPSA) is 46.5 Å². The molecule has 0 saturated heterocycles. The van der Waals surface area contributed by atoms with Crippen molar-refractivity contribution in [2.24, 2.45) is 0 Å². The lowest BCUT2D eigenvalue weighted by Gasteiger charge is -2.07. The van der Waals surface area contributed by atoms with Crippen molar-refractivity contribution in [3.8, 4) is 0 Å². The Labute approximate surface area is 88.5 Å². The molecule has 0 spiro atoms. The number of ether oxygens (including phenoxy) is 1. The van der Waals surface area contributed by atoms with Crippen molar-refractivity contribution in [1.29, 1.82) is 0 Å². The number of hydrogen-bond acceptors (Lipinski definition) is 4. The summed E-state index contributed by atoms with van der Waals surface area (Å²) in [6.07, 6.45) is -1.16. The lowest BCUT2D eigenvalue weighted by atomic mass is 10.2. The monoisotopic (exact) mass is 264 g/mol. The quantitative estimate of drug-likeness (QED) is 0.670. The number of rotatable bonds is 3. The lowest BCUT2D eigenvalue weighted by molar-refractivity contribution is -0.150. The van der Waals surface area contributed by atoms with E-state index < -0.39 is 12.1 Å². The first-order valence-corrected chi connectivity index (χ1v) is 5.59. The van der Waals surface area contributed by atoms with E-state index in [4.69, 9.17) is 0 Å². The van der Waals surface area contributed by atoms with Crippen molar-refractivity contribution in [3.05, 3.63) is 21.9 Å². The molecule has 3 nitrogen and oxygen atoms in total. The normalized spacial score (nSPS) is 12.5. The van der Waals surface area contributed by atoms with E-state index >= 15 is 0 Å². The van der Waals surface area contributed by atoms with Gasteiger partial charge in [-0.25, -0.2) is 4.79 Å². The largest absolute Gasteiger partial charge is 0.467 e. The van der Waals surface area contributed by atoms with Gasteiger partial charge in [-0.2, -0.15) is 0 Å². The maximum absolute atomic E-state index is 11.0.